The number of rotatable bonds is 3. The van der Waals surface area contributed by atoms with E-state index in [-0.39, 0.29) is 30.5 Å². The highest BCUT2D eigenvalue weighted by molar-refractivity contribution is 6.03. The monoisotopic (exact) mass is 307 g/mol. The molecule has 6 heteroatoms. The molecular formula is C16H21NO5. The molecule has 1 aliphatic carbocycles. The van der Waals surface area contributed by atoms with E-state index in [0.717, 1.165) is 0 Å². The number of fused-ring (bicyclic) bond motifs is 2. The van der Waals surface area contributed by atoms with E-state index in [2.05, 4.69) is 5.32 Å². The largest absolute Gasteiger partial charge is 0.450 e. The molecule has 0 spiro atoms. The molecule has 3 aliphatic rings. The van der Waals surface area contributed by atoms with Crippen LogP contribution in [-0.4, -0.2) is 29.2 Å². The fraction of sp³-hybridized carbons (Fsp3) is 0.750. The van der Waals surface area contributed by atoms with Crippen molar-refractivity contribution in [2.75, 3.05) is 0 Å². The maximum Gasteiger partial charge on any atom is 0.313 e. The third-order valence-corrected chi connectivity index (χ3v) is 6.32. The third-order valence-electron chi connectivity index (χ3n) is 6.32. The van der Waals surface area contributed by atoms with Gasteiger partial charge < -0.3 is 4.74 Å². The summed E-state index contributed by atoms with van der Waals surface area (Å²) < 4.78 is 5.54. The molecule has 3 fully saturated rings. The van der Waals surface area contributed by atoms with Crippen LogP contribution < -0.4 is 5.32 Å². The first-order valence-corrected chi connectivity index (χ1v) is 7.74. The van der Waals surface area contributed by atoms with Gasteiger partial charge in [0.25, 0.3) is 0 Å². The summed E-state index contributed by atoms with van der Waals surface area (Å²) in [5, 5.41) is 2.27. The SMILES string of the molecule is CC12CCC(C(=O)CC3CCC(=O)NC3=O)(OC1=O)C2(C)C. The van der Waals surface area contributed by atoms with Gasteiger partial charge in [-0.1, -0.05) is 13.8 Å². The first-order chi connectivity index (χ1) is 10.1. The Labute approximate surface area is 129 Å². The average Bonchev–Trinajstić information content (AvgIpc) is 2.72. The van der Waals surface area contributed by atoms with Gasteiger partial charge in [-0.3, -0.25) is 24.5 Å². The van der Waals surface area contributed by atoms with Crippen LogP contribution in [0.25, 0.3) is 0 Å². The summed E-state index contributed by atoms with van der Waals surface area (Å²) in [4.78, 5) is 48.1. The van der Waals surface area contributed by atoms with Gasteiger partial charge in [-0.2, -0.15) is 0 Å². The molecule has 1 N–H and O–H groups in total. The number of carbonyl (C=O) groups is 4. The van der Waals surface area contributed by atoms with Crippen molar-refractivity contribution in [3.05, 3.63) is 0 Å². The summed E-state index contributed by atoms with van der Waals surface area (Å²) in [5.41, 5.74) is -2.36. The van der Waals surface area contributed by atoms with E-state index < -0.39 is 28.3 Å². The molecule has 3 rings (SSSR count). The van der Waals surface area contributed by atoms with Crippen LogP contribution in [0.4, 0.5) is 0 Å². The molecule has 22 heavy (non-hydrogen) atoms. The first-order valence-electron chi connectivity index (χ1n) is 7.74. The van der Waals surface area contributed by atoms with Gasteiger partial charge >= 0.3 is 5.97 Å². The maximum atomic E-state index is 12.9. The van der Waals surface area contributed by atoms with Crippen LogP contribution in [0.1, 0.15) is 52.9 Å². The van der Waals surface area contributed by atoms with Gasteiger partial charge in [0.2, 0.25) is 11.8 Å². The van der Waals surface area contributed by atoms with Crippen LogP contribution >= 0.6 is 0 Å². The smallest absolute Gasteiger partial charge is 0.313 e. The second-order valence-electron chi connectivity index (χ2n) is 7.45. The highest BCUT2D eigenvalue weighted by Gasteiger charge is 2.75. The predicted octanol–water partition coefficient (Wildman–Crippen LogP) is 1.12. The van der Waals surface area contributed by atoms with Crippen molar-refractivity contribution in [2.24, 2.45) is 16.7 Å². The number of ketones is 1. The number of imide groups is 1. The number of hydrogen-bond acceptors (Lipinski definition) is 5. The number of esters is 1. The summed E-state index contributed by atoms with van der Waals surface area (Å²) in [6.45, 7) is 5.64. The minimum atomic E-state index is -1.12. The minimum Gasteiger partial charge on any atom is -0.450 e. The number of Topliss-reactive ketones (excluding diaryl/α,β-unsaturated/α-hetero) is 1. The fourth-order valence-corrected chi connectivity index (χ4v) is 4.17. The predicted molar refractivity (Wildman–Crippen MR) is 75.4 cm³/mol. The molecular weight excluding hydrogens is 286 g/mol. The van der Waals surface area contributed by atoms with Crippen molar-refractivity contribution in [1.29, 1.82) is 0 Å². The van der Waals surface area contributed by atoms with Crippen molar-refractivity contribution in [3.63, 3.8) is 0 Å². The molecule has 1 saturated carbocycles. The van der Waals surface area contributed by atoms with Gasteiger partial charge in [0.15, 0.2) is 11.4 Å². The van der Waals surface area contributed by atoms with Crippen molar-refractivity contribution in [2.45, 2.75) is 58.5 Å². The van der Waals surface area contributed by atoms with Gasteiger partial charge in [-0.25, -0.2) is 0 Å². The maximum absolute atomic E-state index is 12.9. The summed E-state index contributed by atoms with van der Waals surface area (Å²) in [6, 6.07) is 0. The van der Waals surface area contributed by atoms with E-state index in [9.17, 15) is 19.2 Å². The molecule has 0 aromatic heterocycles. The number of nitrogens with one attached hydrogen (secondary N) is 1. The number of amides is 2. The van der Waals surface area contributed by atoms with Crippen LogP contribution in [0.3, 0.4) is 0 Å². The Morgan fingerprint density at radius 3 is 2.41 bits per heavy atom. The van der Waals surface area contributed by atoms with Crippen molar-refractivity contribution in [1.82, 2.24) is 5.32 Å². The lowest BCUT2D eigenvalue weighted by Gasteiger charge is -2.36. The number of ether oxygens (including phenoxy) is 1. The second-order valence-corrected chi connectivity index (χ2v) is 7.45. The molecule has 2 aliphatic heterocycles. The van der Waals surface area contributed by atoms with Gasteiger partial charge in [0.05, 0.1) is 5.41 Å². The lowest BCUT2D eigenvalue weighted by Crippen LogP contribution is -2.50. The summed E-state index contributed by atoms with van der Waals surface area (Å²) in [5.74, 6) is -1.72. The molecule has 120 valence electrons. The topological polar surface area (TPSA) is 89.5 Å². The zero-order chi connectivity index (χ0) is 16.3. The third kappa shape index (κ3) is 1.66. The van der Waals surface area contributed by atoms with Crippen LogP contribution in [0.2, 0.25) is 0 Å². The lowest BCUT2D eigenvalue weighted by molar-refractivity contribution is -0.167. The van der Waals surface area contributed by atoms with Crippen LogP contribution in [-0.2, 0) is 23.9 Å². The Kier molecular flexibility index (Phi) is 3.03. The van der Waals surface area contributed by atoms with Crippen molar-refractivity contribution >= 4 is 23.6 Å². The van der Waals surface area contributed by atoms with Gasteiger partial charge in [0.1, 0.15) is 0 Å². The molecule has 3 atom stereocenters. The molecule has 3 unspecified atom stereocenters. The highest BCUT2D eigenvalue weighted by Crippen LogP contribution is 2.66. The van der Waals surface area contributed by atoms with E-state index >= 15 is 0 Å². The Balaban J connectivity index is 1.82. The van der Waals surface area contributed by atoms with Crippen molar-refractivity contribution in [3.8, 4) is 0 Å². The average molecular weight is 307 g/mol. The summed E-state index contributed by atoms with van der Waals surface area (Å²) in [6.07, 6.45) is 1.77. The standard InChI is InChI=1S/C16H21NO5/c1-14(2)15(3)6-7-16(14,22-13(15)21)10(18)8-9-4-5-11(19)17-12(9)20/h9H,4-8H2,1-3H3,(H,17,19,20). The molecule has 2 saturated heterocycles. The number of hydrogen-bond donors (Lipinski definition) is 1. The van der Waals surface area contributed by atoms with Gasteiger partial charge in [-0.05, 0) is 26.2 Å². The zero-order valence-electron chi connectivity index (χ0n) is 13.2. The lowest BCUT2D eigenvalue weighted by atomic mass is 9.64. The zero-order valence-corrected chi connectivity index (χ0v) is 13.2. The molecule has 2 amide bonds. The van der Waals surface area contributed by atoms with Crippen molar-refractivity contribution < 1.29 is 23.9 Å². The Bertz CT molecular complexity index is 595. The quantitative estimate of drug-likeness (QED) is 0.623. The van der Waals surface area contributed by atoms with E-state index in [1.54, 1.807) is 0 Å². The number of carbonyl (C=O) groups excluding carboxylic acids is 4. The van der Waals surface area contributed by atoms with E-state index in [1.165, 1.54) is 0 Å². The molecule has 0 aromatic carbocycles. The Morgan fingerprint density at radius 2 is 1.91 bits per heavy atom. The summed E-state index contributed by atoms with van der Waals surface area (Å²) >= 11 is 0. The first kappa shape index (κ1) is 15.2. The normalized spacial score (nSPS) is 39.6. The summed E-state index contributed by atoms with van der Waals surface area (Å²) in [7, 11) is 0. The van der Waals surface area contributed by atoms with Crippen LogP contribution in [0, 0.1) is 16.7 Å². The van der Waals surface area contributed by atoms with Gasteiger partial charge in [-0.15, -0.1) is 0 Å². The Hall–Kier alpha value is -1.72. The second kappa shape index (κ2) is 4.40. The minimum absolute atomic E-state index is 0.0197. The van der Waals surface area contributed by atoms with E-state index in [1.807, 2.05) is 20.8 Å². The fourth-order valence-electron chi connectivity index (χ4n) is 4.17. The molecule has 0 radical (unpaired) electrons. The molecule has 2 bridgehead atoms. The van der Waals surface area contributed by atoms with Crippen LogP contribution in [0.15, 0.2) is 0 Å². The van der Waals surface area contributed by atoms with E-state index in [0.29, 0.717) is 19.3 Å². The van der Waals surface area contributed by atoms with Crippen LogP contribution in [0.5, 0.6) is 0 Å². The molecule has 2 heterocycles. The molecule has 0 aromatic rings. The Morgan fingerprint density at radius 1 is 1.23 bits per heavy atom. The van der Waals surface area contributed by atoms with Gasteiger partial charge in [0, 0.05) is 24.2 Å². The molecule has 6 nitrogen and oxygen atoms in total. The number of piperidine rings is 1. The highest BCUT2D eigenvalue weighted by atomic mass is 16.6. The van der Waals surface area contributed by atoms with E-state index in [4.69, 9.17) is 4.74 Å².